The molecule has 2 N–H and O–H groups in total. The Morgan fingerprint density at radius 2 is 1.75 bits per heavy atom. The van der Waals surface area contributed by atoms with Crippen LogP contribution in [0.25, 0.3) is 0 Å². The highest BCUT2D eigenvalue weighted by atomic mass is 16.5. The van der Waals surface area contributed by atoms with E-state index in [2.05, 4.69) is 30.9 Å². The Morgan fingerprint density at radius 3 is 2.40 bits per heavy atom. The number of benzene rings is 2. The van der Waals surface area contributed by atoms with Gasteiger partial charge >= 0.3 is 0 Å². The van der Waals surface area contributed by atoms with Crippen LogP contribution in [0.5, 0.6) is 5.75 Å². The number of anilines is 3. The molecule has 0 saturated carbocycles. The van der Waals surface area contributed by atoms with Gasteiger partial charge in [0.15, 0.2) is 0 Å². The quantitative estimate of drug-likeness (QED) is 0.799. The van der Waals surface area contributed by atoms with E-state index < -0.39 is 0 Å². The van der Waals surface area contributed by atoms with Crippen LogP contribution in [0.3, 0.4) is 0 Å². The Balaban J connectivity index is 2.30. The Bertz CT molecular complexity index is 540. The summed E-state index contributed by atoms with van der Waals surface area (Å²) in [4.78, 5) is 2.23. The summed E-state index contributed by atoms with van der Waals surface area (Å²) in [5, 5.41) is 0. The molecule has 0 aliphatic carbocycles. The van der Waals surface area contributed by atoms with E-state index in [1.54, 1.807) is 0 Å². The van der Waals surface area contributed by atoms with Crippen molar-refractivity contribution in [2.24, 2.45) is 0 Å². The fourth-order valence-corrected chi connectivity index (χ4v) is 2.15. The zero-order chi connectivity index (χ0) is 14.4. The van der Waals surface area contributed by atoms with E-state index in [1.165, 1.54) is 5.69 Å². The lowest BCUT2D eigenvalue weighted by molar-refractivity contribution is 0.319. The third-order valence-corrected chi connectivity index (χ3v) is 3.15. The van der Waals surface area contributed by atoms with E-state index in [1.807, 2.05) is 36.4 Å². The second kappa shape index (κ2) is 6.85. The van der Waals surface area contributed by atoms with Crippen LogP contribution in [-0.4, -0.2) is 13.2 Å². The van der Waals surface area contributed by atoms with E-state index in [-0.39, 0.29) is 0 Å². The van der Waals surface area contributed by atoms with Crippen LogP contribution in [0.4, 0.5) is 17.1 Å². The molecule has 0 bridgehead atoms. The summed E-state index contributed by atoms with van der Waals surface area (Å²) in [5.74, 6) is 0.763. The molecule has 0 aliphatic rings. The molecule has 0 atom stereocenters. The molecule has 0 saturated heterocycles. The molecule has 0 radical (unpaired) electrons. The van der Waals surface area contributed by atoms with Gasteiger partial charge in [0.25, 0.3) is 0 Å². The van der Waals surface area contributed by atoms with Crippen molar-refractivity contribution in [3.05, 3.63) is 48.5 Å². The molecular weight excluding hydrogens is 248 g/mol. The predicted octanol–water partition coefficient (Wildman–Crippen LogP) is 4.22. The van der Waals surface area contributed by atoms with Crippen molar-refractivity contribution in [3.8, 4) is 5.75 Å². The number of para-hydroxylation sites is 1. The fraction of sp³-hybridized carbons (Fsp3) is 0.294. The van der Waals surface area contributed by atoms with Gasteiger partial charge in [0.1, 0.15) is 5.75 Å². The van der Waals surface area contributed by atoms with Gasteiger partial charge in [-0.15, -0.1) is 0 Å². The molecule has 2 rings (SSSR count). The van der Waals surface area contributed by atoms with Crippen molar-refractivity contribution in [1.29, 1.82) is 0 Å². The smallest absolute Gasteiger partial charge is 0.144 e. The van der Waals surface area contributed by atoms with Crippen molar-refractivity contribution in [2.75, 3.05) is 23.8 Å². The first-order valence-electron chi connectivity index (χ1n) is 7.11. The van der Waals surface area contributed by atoms with E-state index >= 15 is 0 Å². The molecule has 0 unspecified atom stereocenters. The molecule has 3 nitrogen and oxygen atoms in total. The highest BCUT2D eigenvalue weighted by Crippen LogP contribution is 2.31. The molecule has 0 heterocycles. The van der Waals surface area contributed by atoms with Crippen molar-refractivity contribution in [2.45, 2.75) is 20.3 Å². The van der Waals surface area contributed by atoms with E-state index in [9.17, 15) is 0 Å². The normalized spacial score (nSPS) is 10.3. The van der Waals surface area contributed by atoms with E-state index in [0.717, 1.165) is 24.4 Å². The third kappa shape index (κ3) is 3.23. The lowest BCUT2D eigenvalue weighted by Gasteiger charge is -2.24. The minimum atomic E-state index is 0.686. The molecule has 0 aliphatic heterocycles. The summed E-state index contributed by atoms with van der Waals surface area (Å²) < 4.78 is 5.71. The molecule has 0 aromatic heterocycles. The Kier molecular flexibility index (Phi) is 4.88. The maximum absolute atomic E-state index is 5.97. The number of rotatable bonds is 6. The molecule has 2 aromatic carbocycles. The predicted molar refractivity (Wildman–Crippen MR) is 85.8 cm³/mol. The molecule has 106 valence electrons. The molecule has 20 heavy (non-hydrogen) atoms. The van der Waals surface area contributed by atoms with E-state index in [4.69, 9.17) is 10.5 Å². The van der Waals surface area contributed by atoms with Gasteiger partial charge in [0, 0.05) is 24.0 Å². The number of hydrogen-bond acceptors (Lipinski definition) is 3. The van der Waals surface area contributed by atoms with Crippen LogP contribution >= 0.6 is 0 Å². The van der Waals surface area contributed by atoms with Gasteiger partial charge in [-0.1, -0.05) is 25.1 Å². The van der Waals surface area contributed by atoms with Crippen LogP contribution in [-0.2, 0) is 0 Å². The fourth-order valence-electron chi connectivity index (χ4n) is 2.15. The Labute approximate surface area is 121 Å². The summed E-state index contributed by atoms with van der Waals surface area (Å²) in [6, 6.07) is 16.3. The first-order valence-corrected chi connectivity index (χ1v) is 7.11. The molecular formula is C17H22N2O. The van der Waals surface area contributed by atoms with Gasteiger partial charge in [-0.25, -0.2) is 0 Å². The van der Waals surface area contributed by atoms with Crippen molar-refractivity contribution < 1.29 is 4.74 Å². The van der Waals surface area contributed by atoms with Crippen molar-refractivity contribution >= 4 is 17.1 Å². The number of ether oxygens (including phenoxy) is 1. The average Bonchev–Trinajstić information content (AvgIpc) is 2.49. The third-order valence-electron chi connectivity index (χ3n) is 3.15. The summed E-state index contributed by atoms with van der Waals surface area (Å²) >= 11 is 0. The summed E-state index contributed by atoms with van der Waals surface area (Å²) in [5.41, 5.74) is 8.92. The number of hydrogen-bond donors (Lipinski definition) is 1. The Hall–Kier alpha value is -2.16. The minimum absolute atomic E-state index is 0.686. The van der Waals surface area contributed by atoms with Crippen LogP contribution in [0.2, 0.25) is 0 Å². The van der Waals surface area contributed by atoms with Crippen LogP contribution in [0.1, 0.15) is 20.3 Å². The summed E-state index contributed by atoms with van der Waals surface area (Å²) in [6.07, 6.45) is 0.972. The largest absolute Gasteiger partial charge is 0.491 e. The molecule has 0 fully saturated rings. The first kappa shape index (κ1) is 14.3. The van der Waals surface area contributed by atoms with Gasteiger partial charge < -0.3 is 15.4 Å². The van der Waals surface area contributed by atoms with Gasteiger partial charge in [-0.05, 0) is 37.6 Å². The molecule has 0 spiro atoms. The first-order chi connectivity index (χ1) is 9.76. The van der Waals surface area contributed by atoms with Gasteiger partial charge in [0.05, 0.1) is 12.3 Å². The monoisotopic (exact) mass is 270 g/mol. The highest BCUT2D eigenvalue weighted by molar-refractivity contribution is 5.68. The zero-order valence-electron chi connectivity index (χ0n) is 12.2. The maximum atomic E-state index is 5.97. The van der Waals surface area contributed by atoms with E-state index in [0.29, 0.717) is 12.3 Å². The van der Waals surface area contributed by atoms with Gasteiger partial charge in [-0.3, -0.25) is 0 Å². The lowest BCUT2D eigenvalue weighted by atomic mass is 10.2. The van der Waals surface area contributed by atoms with Crippen molar-refractivity contribution in [1.82, 2.24) is 0 Å². The van der Waals surface area contributed by atoms with Gasteiger partial charge in [0.2, 0.25) is 0 Å². The lowest BCUT2D eigenvalue weighted by Crippen LogP contribution is -2.16. The van der Waals surface area contributed by atoms with Crippen LogP contribution < -0.4 is 15.4 Å². The summed E-state index contributed by atoms with van der Waals surface area (Å²) in [6.45, 7) is 5.80. The molecule has 2 aromatic rings. The van der Waals surface area contributed by atoms with Crippen LogP contribution in [0, 0.1) is 0 Å². The number of nitrogens with zero attached hydrogens (tertiary/aromatic N) is 1. The van der Waals surface area contributed by atoms with Crippen molar-refractivity contribution in [3.63, 3.8) is 0 Å². The standard InChI is InChI=1S/C17H22N2O/c1-3-12-20-17-13-15(10-11-16(17)18)19(4-2)14-8-6-5-7-9-14/h5-11,13H,3-4,12,18H2,1-2H3. The SMILES string of the molecule is CCCOc1cc(N(CC)c2ccccc2)ccc1N. The van der Waals surface area contributed by atoms with Gasteiger partial charge in [-0.2, -0.15) is 0 Å². The second-order valence-corrected chi connectivity index (χ2v) is 4.65. The number of nitrogen functional groups attached to an aromatic ring is 1. The highest BCUT2D eigenvalue weighted by Gasteiger charge is 2.09. The zero-order valence-corrected chi connectivity index (χ0v) is 12.2. The maximum Gasteiger partial charge on any atom is 0.144 e. The Morgan fingerprint density at radius 1 is 1.00 bits per heavy atom. The average molecular weight is 270 g/mol. The summed E-state index contributed by atoms with van der Waals surface area (Å²) in [7, 11) is 0. The van der Waals surface area contributed by atoms with Crippen LogP contribution in [0.15, 0.2) is 48.5 Å². The molecule has 0 amide bonds. The molecule has 3 heteroatoms. The minimum Gasteiger partial charge on any atom is -0.491 e. The second-order valence-electron chi connectivity index (χ2n) is 4.65. The topological polar surface area (TPSA) is 38.5 Å². The number of nitrogens with two attached hydrogens (primary N) is 1.